The summed E-state index contributed by atoms with van der Waals surface area (Å²) >= 11 is 0. The molecule has 7 nitrogen and oxygen atoms in total. The molecule has 0 fully saturated rings. The number of anilines is 1. The number of H-pyrrole nitrogens is 1. The van der Waals surface area contributed by atoms with E-state index in [1.54, 1.807) is 48.5 Å². The molecule has 0 atom stereocenters. The van der Waals surface area contributed by atoms with Gasteiger partial charge in [-0.3, -0.25) is 9.59 Å². The average Bonchev–Trinajstić information content (AvgIpc) is 3.59. The van der Waals surface area contributed by atoms with Crippen LogP contribution in [0, 0.1) is 0 Å². The van der Waals surface area contributed by atoms with Crippen molar-refractivity contribution in [3.8, 4) is 0 Å². The van der Waals surface area contributed by atoms with Gasteiger partial charge < -0.3 is 9.72 Å². The van der Waals surface area contributed by atoms with Crippen LogP contribution >= 0.6 is 0 Å². The summed E-state index contributed by atoms with van der Waals surface area (Å²) in [5, 5.41) is 0. The largest absolute Gasteiger partial charge is 0.360 e. The number of carbonyl (C=O) groups is 2. The Bertz CT molecular complexity index is 1990. The number of aromatic amines is 1. The summed E-state index contributed by atoms with van der Waals surface area (Å²) in [4.78, 5) is 41.3. The zero-order valence-electron chi connectivity index (χ0n) is 26.1. The minimum Gasteiger partial charge on any atom is -0.360 e. The fourth-order valence-electron chi connectivity index (χ4n) is 6.13. The minimum absolute atomic E-state index is 0.182. The molecule has 0 aliphatic carbocycles. The molecule has 0 radical (unpaired) electrons. The van der Waals surface area contributed by atoms with E-state index in [1.165, 1.54) is 6.33 Å². The normalized spacial score (nSPS) is 11.3. The first kappa shape index (κ1) is 30.5. The van der Waals surface area contributed by atoms with Crippen LogP contribution in [0.3, 0.4) is 0 Å². The Morgan fingerprint density at radius 2 is 1.04 bits per heavy atom. The molecule has 2 aromatic heterocycles. The lowest BCUT2D eigenvalue weighted by atomic mass is 9.80. The highest BCUT2D eigenvalue weighted by Gasteiger charge is 2.37. The number of amides is 2. The molecule has 0 spiro atoms. The highest BCUT2D eigenvalue weighted by Crippen LogP contribution is 2.40. The monoisotopic (exact) mass is 628 g/mol. The molecule has 0 aliphatic rings. The zero-order chi connectivity index (χ0) is 32.8. The van der Waals surface area contributed by atoms with Gasteiger partial charge >= 0.3 is 0 Å². The van der Waals surface area contributed by atoms with Gasteiger partial charge in [0.25, 0.3) is 11.8 Å². The van der Waals surface area contributed by atoms with Crippen molar-refractivity contribution in [3.63, 3.8) is 0 Å². The molecule has 0 unspecified atom stereocenters. The van der Waals surface area contributed by atoms with E-state index in [4.69, 9.17) is 4.74 Å². The first-order chi connectivity index (χ1) is 23.7. The summed E-state index contributed by atoms with van der Waals surface area (Å²) in [5.74, 6) is -0.785. The van der Waals surface area contributed by atoms with Crippen LogP contribution in [0.15, 0.2) is 164 Å². The molecule has 5 aromatic carbocycles. The maximum Gasteiger partial charge on any atom is 0.266 e. The van der Waals surface area contributed by atoms with Gasteiger partial charge in [0.05, 0.1) is 12.1 Å². The lowest BCUT2D eigenvalue weighted by Crippen LogP contribution is -2.38. The van der Waals surface area contributed by atoms with Gasteiger partial charge in [-0.25, -0.2) is 14.9 Å². The summed E-state index contributed by atoms with van der Waals surface area (Å²) in [6.45, 7) is 0.348. The highest BCUT2D eigenvalue weighted by molar-refractivity contribution is 6.27. The molecule has 0 bridgehead atoms. The molecular formula is C41H32N4O3. The number of rotatable bonds is 10. The van der Waals surface area contributed by atoms with Gasteiger partial charge in [0.15, 0.2) is 5.82 Å². The predicted octanol–water partition coefficient (Wildman–Crippen LogP) is 8.00. The van der Waals surface area contributed by atoms with E-state index in [-0.39, 0.29) is 5.82 Å². The Hall–Kier alpha value is -6.18. The van der Waals surface area contributed by atoms with Gasteiger partial charge in [0.1, 0.15) is 17.4 Å². The third kappa shape index (κ3) is 5.79. The lowest BCUT2D eigenvalue weighted by molar-refractivity contribution is 0.0148. The van der Waals surface area contributed by atoms with Gasteiger partial charge in [0.2, 0.25) is 0 Å². The van der Waals surface area contributed by atoms with Crippen LogP contribution in [0.2, 0.25) is 0 Å². The molecule has 7 rings (SSSR count). The summed E-state index contributed by atoms with van der Waals surface area (Å²) in [5.41, 5.74) is 4.89. The van der Waals surface area contributed by atoms with E-state index in [9.17, 15) is 9.59 Å². The molecule has 0 saturated heterocycles. The zero-order valence-corrected chi connectivity index (χ0v) is 26.1. The summed E-state index contributed by atoms with van der Waals surface area (Å²) in [7, 11) is 0. The van der Waals surface area contributed by atoms with E-state index in [0.717, 1.165) is 27.2 Å². The number of hydrogen-bond acceptors (Lipinski definition) is 5. The molecule has 1 N–H and O–H groups in total. The predicted molar refractivity (Wildman–Crippen MR) is 187 cm³/mol. The number of fused-ring (bicyclic) bond motifs is 1. The average molecular weight is 629 g/mol. The van der Waals surface area contributed by atoms with Gasteiger partial charge in [-0.1, -0.05) is 127 Å². The number of imide groups is 1. The maximum atomic E-state index is 13.9. The van der Waals surface area contributed by atoms with Gasteiger partial charge in [-0.15, -0.1) is 0 Å². The second-order valence-electron chi connectivity index (χ2n) is 11.3. The van der Waals surface area contributed by atoms with Gasteiger partial charge in [-0.2, -0.15) is 0 Å². The Labute approximate surface area is 278 Å². The fourth-order valence-corrected chi connectivity index (χ4v) is 6.13. The SMILES string of the molecule is O=C(c1ccccc1)N(C(=O)c1ccccc1)c1ncnc2c(CCOC(c3ccccc3)(c3ccccc3)c3ccccc3)c[nH]c12. The molecule has 2 amide bonds. The molecule has 7 heteroatoms. The molecule has 0 saturated carbocycles. The van der Waals surface area contributed by atoms with Crippen LogP contribution in [0.25, 0.3) is 11.0 Å². The van der Waals surface area contributed by atoms with E-state index in [0.29, 0.717) is 35.2 Å². The second kappa shape index (κ2) is 13.7. The van der Waals surface area contributed by atoms with Crippen LogP contribution in [-0.2, 0) is 16.8 Å². The van der Waals surface area contributed by atoms with Crippen LogP contribution in [0.5, 0.6) is 0 Å². The number of nitrogens with zero attached hydrogens (tertiary/aromatic N) is 3. The summed E-state index contributed by atoms with van der Waals surface area (Å²) in [6, 6.07) is 48.1. The molecule has 7 aromatic rings. The maximum absolute atomic E-state index is 13.9. The third-order valence-corrected chi connectivity index (χ3v) is 8.41. The van der Waals surface area contributed by atoms with Crippen molar-refractivity contribution >= 4 is 28.7 Å². The number of hydrogen-bond donors (Lipinski definition) is 1. The number of carbonyl (C=O) groups excluding carboxylic acids is 2. The highest BCUT2D eigenvalue weighted by atomic mass is 16.5. The van der Waals surface area contributed by atoms with Crippen molar-refractivity contribution in [3.05, 3.63) is 198 Å². The molecule has 2 heterocycles. The Morgan fingerprint density at radius 3 is 1.50 bits per heavy atom. The second-order valence-corrected chi connectivity index (χ2v) is 11.3. The molecule has 234 valence electrons. The number of benzene rings is 5. The van der Waals surface area contributed by atoms with Gasteiger partial charge in [-0.05, 0) is 52.9 Å². The Kier molecular flexibility index (Phi) is 8.68. The lowest BCUT2D eigenvalue weighted by Gasteiger charge is -2.36. The third-order valence-electron chi connectivity index (χ3n) is 8.41. The number of aromatic nitrogens is 3. The topological polar surface area (TPSA) is 88.2 Å². The molecular weight excluding hydrogens is 596 g/mol. The van der Waals surface area contributed by atoms with Crippen LogP contribution in [0.1, 0.15) is 43.0 Å². The number of ether oxygens (including phenoxy) is 1. The van der Waals surface area contributed by atoms with E-state index >= 15 is 0 Å². The Balaban J connectivity index is 1.25. The fraction of sp³-hybridized carbons (Fsp3) is 0.0732. The smallest absolute Gasteiger partial charge is 0.266 e. The van der Waals surface area contributed by atoms with Crippen molar-refractivity contribution in [2.24, 2.45) is 0 Å². The summed E-state index contributed by atoms with van der Waals surface area (Å²) in [6.07, 6.45) is 3.74. The van der Waals surface area contributed by atoms with Gasteiger partial charge in [0, 0.05) is 17.3 Å². The van der Waals surface area contributed by atoms with Crippen LogP contribution < -0.4 is 4.90 Å². The van der Waals surface area contributed by atoms with Crippen LogP contribution in [-0.4, -0.2) is 33.4 Å². The minimum atomic E-state index is -0.864. The van der Waals surface area contributed by atoms with Crippen LogP contribution in [0.4, 0.5) is 5.82 Å². The molecule has 0 aliphatic heterocycles. The van der Waals surface area contributed by atoms with Crippen molar-refractivity contribution in [1.29, 1.82) is 0 Å². The number of nitrogens with one attached hydrogen (secondary N) is 1. The van der Waals surface area contributed by atoms with Crippen molar-refractivity contribution in [2.45, 2.75) is 12.0 Å². The van der Waals surface area contributed by atoms with E-state index in [2.05, 4.69) is 51.4 Å². The van der Waals surface area contributed by atoms with Crippen molar-refractivity contribution in [2.75, 3.05) is 11.5 Å². The van der Waals surface area contributed by atoms with Crippen molar-refractivity contribution in [1.82, 2.24) is 15.0 Å². The van der Waals surface area contributed by atoms with E-state index in [1.807, 2.05) is 72.9 Å². The standard InChI is InChI=1S/C41H32N4O3/c46-39(30-16-6-1-7-17-30)45(40(47)31-18-8-2-9-19-31)38-37-36(43-29-44-38)32(28-42-37)26-27-48-41(33-20-10-3-11-21-33,34-22-12-4-13-23-34)35-24-14-5-15-25-35/h1-25,28-29,42H,26-27H2. The first-order valence-corrected chi connectivity index (χ1v) is 15.8. The van der Waals surface area contributed by atoms with E-state index < -0.39 is 17.4 Å². The summed E-state index contributed by atoms with van der Waals surface area (Å²) < 4.78 is 7.00. The van der Waals surface area contributed by atoms with Crippen molar-refractivity contribution < 1.29 is 14.3 Å². The Morgan fingerprint density at radius 1 is 0.604 bits per heavy atom. The molecule has 48 heavy (non-hydrogen) atoms. The quantitative estimate of drug-likeness (QED) is 0.123. The first-order valence-electron chi connectivity index (χ1n) is 15.8.